The Kier molecular flexibility index (Phi) is 4.90. The summed E-state index contributed by atoms with van der Waals surface area (Å²) in [5.41, 5.74) is -0.911. The van der Waals surface area contributed by atoms with Crippen molar-refractivity contribution in [3.8, 4) is 0 Å². The maximum absolute atomic E-state index is 12.4. The Labute approximate surface area is 129 Å². The normalized spacial score (nSPS) is 32.2. The lowest BCUT2D eigenvalue weighted by molar-refractivity contribution is -0.942. The van der Waals surface area contributed by atoms with E-state index in [0.717, 1.165) is 22.9 Å². The number of hydrogen-bond donors (Lipinski definition) is 0. The minimum Gasteiger partial charge on any atom is -0.465 e. The SMILES string of the molecule is CCOC(=O)C1(C(C)=O)CC(CBr)[N+]2(CCCCC2)C1. The van der Waals surface area contributed by atoms with E-state index < -0.39 is 5.41 Å². The Hall–Kier alpha value is -0.420. The largest absolute Gasteiger partial charge is 0.465 e. The van der Waals surface area contributed by atoms with Crippen LogP contribution in [0.3, 0.4) is 0 Å². The molecule has 1 spiro atoms. The van der Waals surface area contributed by atoms with Crippen LogP contribution in [-0.2, 0) is 14.3 Å². The monoisotopic (exact) mass is 346 g/mol. The predicted octanol–water partition coefficient (Wildman–Crippen LogP) is 2.29. The standard InChI is InChI=1S/C15H25BrNO3/c1-3-20-14(19)15(12(2)18)9-13(10-16)17(11-15)7-5-4-6-8-17/h13H,3-11H2,1-2H3/q+1. The number of carbonyl (C=O) groups is 2. The van der Waals surface area contributed by atoms with Crippen LogP contribution in [0.15, 0.2) is 0 Å². The van der Waals surface area contributed by atoms with Gasteiger partial charge in [-0.05, 0) is 33.1 Å². The summed E-state index contributed by atoms with van der Waals surface area (Å²) in [5, 5.41) is 0.849. The minimum absolute atomic E-state index is 0.0255. The molecule has 2 atom stereocenters. The first-order valence-corrected chi connectivity index (χ1v) is 8.73. The Bertz CT molecular complexity index is 393. The van der Waals surface area contributed by atoms with Gasteiger partial charge in [-0.2, -0.15) is 0 Å². The first kappa shape index (κ1) is 16.0. The van der Waals surface area contributed by atoms with E-state index in [-0.39, 0.29) is 11.8 Å². The van der Waals surface area contributed by atoms with Crippen molar-refractivity contribution in [3.63, 3.8) is 0 Å². The van der Waals surface area contributed by atoms with Crippen LogP contribution in [0.25, 0.3) is 0 Å². The van der Waals surface area contributed by atoms with Crippen LogP contribution < -0.4 is 0 Å². The zero-order chi connectivity index (χ0) is 14.8. The molecule has 0 radical (unpaired) electrons. The molecule has 0 bridgehead atoms. The molecule has 2 heterocycles. The van der Waals surface area contributed by atoms with E-state index in [1.54, 1.807) is 13.8 Å². The molecule has 2 fully saturated rings. The van der Waals surface area contributed by atoms with Crippen LogP contribution in [0, 0.1) is 5.41 Å². The number of ether oxygens (including phenoxy) is 1. The lowest BCUT2D eigenvalue weighted by Gasteiger charge is -2.43. The van der Waals surface area contributed by atoms with Crippen LogP contribution in [0.4, 0.5) is 0 Å². The molecule has 2 aliphatic heterocycles. The van der Waals surface area contributed by atoms with Crippen molar-refractivity contribution in [1.82, 2.24) is 0 Å². The van der Waals surface area contributed by atoms with Gasteiger partial charge >= 0.3 is 5.97 Å². The van der Waals surface area contributed by atoms with Crippen LogP contribution in [0.5, 0.6) is 0 Å². The Morgan fingerprint density at radius 3 is 2.45 bits per heavy atom. The summed E-state index contributed by atoms with van der Waals surface area (Å²) in [6.07, 6.45) is 4.29. The third-order valence-corrected chi connectivity index (χ3v) is 5.92. The molecule has 20 heavy (non-hydrogen) atoms. The summed E-state index contributed by atoms with van der Waals surface area (Å²) in [6, 6.07) is 0.351. The fourth-order valence-corrected chi connectivity index (χ4v) is 4.85. The van der Waals surface area contributed by atoms with Crippen molar-refractivity contribution in [1.29, 1.82) is 0 Å². The third-order valence-electron chi connectivity index (χ3n) is 5.17. The lowest BCUT2D eigenvalue weighted by atomic mass is 9.82. The van der Waals surface area contributed by atoms with E-state index in [1.807, 2.05) is 0 Å². The number of quaternary nitrogens is 1. The van der Waals surface area contributed by atoms with E-state index in [1.165, 1.54) is 19.3 Å². The summed E-state index contributed by atoms with van der Waals surface area (Å²) in [7, 11) is 0. The van der Waals surface area contributed by atoms with E-state index in [9.17, 15) is 9.59 Å². The first-order chi connectivity index (χ1) is 9.50. The Morgan fingerprint density at radius 2 is 1.95 bits per heavy atom. The van der Waals surface area contributed by atoms with E-state index in [2.05, 4.69) is 15.9 Å². The number of esters is 1. The molecule has 0 aromatic carbocycles. The van der Waals surface area contributed by atoms with Gasteiger partial charge in [-0.3, -0.25) is 9.59 Å². The Balaban J connectivity index is 2.31. The molecule has 5 heteroatoms. The number of carbonyl (C=O) groups excluding carboxylic acids is 2. The van der Waals surface area contributed by atoms with Crippen molar-refractivity contribution in [2.75, 3.05) is 31.6 Å². The van der Waals surface area contributed by atoms with Crippen LogP contribution >= 0.6 is 15.9 Å². The van der Waals surface area contributed by atoms with E-state index in [0.29, 0.717) is 25.6 Å². The molecule has 0 aliphatic carbocycles. The van der Waals surface area contributed by atoms with Gasteiger partial charge in [0.1, 0.15) is 12.6 Å². The maximum Gasteiger partial charge on any atom is 0.325 e. The highest BCUT2D eigenvalue weighted by atomic mass is 79.9. The smallest absolute Gasteiger partial charge is 0.325 e. The van der Waals surface area contributed by atoms with Gasteiger partial charge in [-0.1, -0.05) is 15.9 Å². The van der Waals surface area contributed by atoms with Gasteiger partial charge in [-0.15, -0.1) is 0 Å². The summed E-state index contributed by atoms with van der Waals surface area (Å²) >= 11 is 3.60. The van der Waals surface area contributed by atoms with Crippen molar-refractivity contribution in [2.45, 2.75) is 45.6 Å². The second kappa shape index (κ2) is 6.14. The molecule has 4 nitrogen and oxygen atoms in total. The average Bonchev–Trinajstić information content (AvgIpc) is 2.75. The van der Waals surface area contributed by atoms with Crippen molar-refractivity contribution < 1.29 is 18.8 Å². The van der Waals surface area contributed by atoms with Gasteiger partial charge in [0.25, 0.3) is 0 Å². The molecule has 0 N–H and O–H groups in total. The predicted molar refractivity (Wildman–Crippen MR) is 80.7 cm³/mol. The second-order valence-corrected chi connectivity index (χ2v) is 6.90. The zero-order valence-corrected chi connectivity index (χ0v) is 14.1. The third kappa shape index (κ3) is 2.54. The van der Waals surface area contributed by atoms with Gasteiger partial charge in [0.05, 0.1) is 25.0 Å². The number of hydrogen-bond acceptors (Lipinski definition) is 3. The number of nitrogens with zero attached hydrogens (tertiary/aromatic N) is 1. The molecule has 0 aromatic rings. The topological polar surface area (TPSA) is 43.4 Å². The molecule has 2 aliphatic rings. The van der Waals surface area contributed by atoms with Crippen LogP contribution in [0.1, 0.15) is 39.5 Å². The molecule has 0 amide bonds. The van der Waals surface area contributed by atoms with E-state index in [4.69, 9.17) is 4.74 Å². The first-order valence-electron chi connectivity index (χ1n) is 7.61. The Morgan fingerprint density at radius 1 is 1.30 bits per heavy atom. The second-order valence-electron chi connectivity index (χ2n) is 6.26. The molecule has 2 unspecified atom stereocenters. The van der Waals surface area contributed by atoms with Crippen LogP contribution in [0.2, 0.25) is 0 Å². The maximum atomic E-state index is 12.4. The molecular weight excluding hydrogens is 322 g/mol. The molecule has 114 valence electrons. The molecule has 0 saturated carbocycles. The van der Waals surface area contributed by atoms with Gasteiger partial charge in [-0.25, -0.2) is 0 Å². The van der Waals surface area contributed by atoms with E-state index >= 15 is 0 Å². The number of ketones is 1. The summed E-state index contributed by atoms with van der Waals surface area (Å²) < 4.78 is 6.15. The van der Waals surface area contributed by atoms with Gasteiger partial charge in [0, 0.05) is 6.42 Å². The number of alkyl halides is 1. The highest BCUT2D eigenvalue weighted by Crippen LogP contribution is 2.44. The quantitative estimate of drug-likeness (QED) is 0.339. The van der Waals surface area contributed by atoms with Gasteiger partial charge in [0.2, 0.25) is 0 Å². The average molecular weight is 347 g/mol. The molecular formula is C15H25BrNO3+. The highest BCUT2D eigenvalue weighted by molar-refractivity contribution is 9.09. The number of Topliss-reactive ketones (excluding diaryl/α,β-unsaturated/α-hetero) is 1. The fraction of sp³-hybridized carbons (Fsp3) is 0.867. The van der Waals surface area contributed by atoms with Gasteiger partial charge < -0.3 is 9.22 Å². The number of halogens is 1. The van der Waals surface area contributed by atoms with Crippen molar-refractivity contribution in [2.24, 2.45) is 5.41 Å². The molecule has 2 saturated heterocycles. The summed E-state index contributed by atoms with van der Waals surface area (Å²) in [5.74, 6) is -0.332. The molecule has 2 rings (SSSR count). The molecule has 0 aromatic heterocycles. The lowest BCUT2D eigenvalue weighted by Crippen LogP contribution is -2.57. The van der Waals surface area contributed by atoms with Gasteiger partial charge in [0.15, 0.2) is 11.2 Å². The highest BCUT2D eigenvalue weighted by Gasteiger charge is 2.62. The zero-order valence-electron chi connectivity index (χ0n) is 12.5. The summed E-state index contributed by atoms with van der Waals surface area (Å²) in [6.45, 7) is 6.50. The van der Waals surface area contributed by atoms with Crippen molar-refractivity contribution >= 4 is 27.7 Å². The fourth-order valence-electron chi connectivity index (χ4n) is 4.01. The minimum atomic E-state index is -0.911. The van der Waals surface area contributed by atoms with Crippen LogP contribution in [-0.4, -0.2) is 53.8 Å². The van der Waals surface area contributed by atoms with Crippen molar-refractivity contribution in [3.05, 3.63) is 0 Å². The number of piperidine rings is 1. The number of rotatable bonds is 4. The summed E-state index contributed by atoms with van der Waals surface area (Å²) in [4.78, 5) is 24.7.